The summed E-state index contributed by atoms with van der Waals surface area (Å²) in [6.07, 6.45) is 0. The highest BCUT2D eigenvalue weighted by Gasteiger charge is 2.11. The zero-order valence-electron chi connectivity index (χ0n) is 12.1. The molecule has 0 aliphatic rings. The van der Waals surface area contributed by atoms with Crippen LogP contribution in [0.5, 0.6) is 0 Å². The lowest BCUT2D eigenvalue weighted by Crippen LogP contribution is -2.33. The van der Waals surface area contributed by atoms with E-state index in [-0.39, 0.29) is 17.5 Å². The Bertz CT molecular complexity index is 766. The molecule has 0 aliphatic heterocycles. The van der Waals surface area contributed by atoms with Crippen LogP contribution in [0, 0.1) is 6.92 Å². The third-order valence-electron chi connectivity index (χ3n) is 3.06. The third kappa shape index (κ3) is 4.96. The first-order chi connectivity index (χ1) is 10.9. The molecular formula is C16H13BrCl2N2O2. The largest absolute Gasteiger partial charge is 0.343 e. The first kappa shape index (κ1) is 17.8. The zero-order valence-corrected chi connectivity index (χ0v) is 15.2. The highest BCUT2D eigenvalue weighted by atomic mass is 79.9. The van der Waals surface area contributed by atoms with Crippen molar-refractivity contribution in [1.82, 2.24) is 5.32 Å². The van der Waals surface area contributed by atoms with E-state index in [4.69, 9.17) is 23.2 Å². The van der Waals surface area contributed by atoms with E-state index in [1.807, 2.05) is 19.1 Å². The van der Waals surface area contributed by atoms with E-state index >= 15 is 0 Å². The highest BCUT2D eigenvalue weighted by molar-refractivity contribution is 9.10. The predicted molar refractivity (Wildman–Crippen MR) is 96.3 cm³/mol. The summed E-state index contributed by atoms with van der Waals surface area (Å²) in [5.74, 6) is -0.718. The normalized spacial score (nSPS) is 10.3. The second-order valence-corrected chi connectivity index (χ2v) is 6.55. The van der Waals surface area contributed by atoms with Crippen molar-refractivity contribution in [2.24, 2.45) is 0 Å². The van der Waals surface area contributed by atoms with Gasteiger partial charge in [-0.2, -0.15) is 0 Å². The number of hydrogen-bond donors (Lipinski definition) is 2. The van der Waals surface area contributed by atoms with E-state index in [1.54, 1.807) is 12.1 Å². The van der Waals surface area contributed by atoms with Crippen LogP contribution in [0.25, 0.3) is 0 Å². The topological polar surface area (TPSA) is 58.2 Å². The molecule has 2 rings (SSSR count). The van der Waals surface area contributed by atoms with Crippen LogP contribution >= 0.6 is 39.1 Å². The van der Waals surface area contributed by atoms with Crippen molar-refractivity contribution in [2.45, 2.75) is 6.92 Å². The minimum atomic E-state index is -0.398. The summed E-state index contributed by atoms with van der Waals surface area (Å²) in [6, 6.07) is 10.1. The van der Waals surface area contributed by atoms with Gasteiger partial charge in [0, 0.05) is 15.7 Å². The minimum absolute atomic E-state index is 0.148. The lowest BCUT2D eigenvalue weighted by Gasteiger charge is -2.10. The van der Waals surface area contributed by atoms with Crippen LogP contribution in [0.2, 0.25) is 10.0 Å². The van der Waals surface area contributed by atoms with Crippen molar-refractivity contribution >= 4 is 56.6 Å². The molecule has 0 saturated carbocycles. The molecule has 0 radical (unpaired) electrons. The average Bonchev–Trinajstić information content (AvgIpc) is 2.51. The minimum Gasteiger partial charge on any atom is -0.343 e. The van der Waals surface area contributed by atoms with Crippen molar-refractivity contribution < 1.29 is 9.59 Å². The van der Waals surface area contributed by atoms with Gasteiger partial charge in [0.25, 0.3) is 5.91 Å². The van der Waals surface area contributed by atoms with Crippen molar-refractivity contribution in [1.29, 1.82) is 0 Å². The van der Waals surface area contributed by atoms with Crippen LogP contribution < -0.4 is 10.6 Å². The number of benzene rings is 2. The van der Waals surface area contributed by atoms with Gasteiger partial charge in [-0.25, -0.2) is 0 Å². The summed E-state index contributed by atoms with van der Waals surface area (Å²) < 4.78 is 0.859. The first-order valence-electron chi connectivity index (χ1n) is 6.66. The van der Waals surface area contributed by atoms with E-state index in [1.165, 1.54) is 12.1 Å². The maximum absolute atomic E-state index is 12.0. The van der Waals surface area contributed by atoms with E-state index < -0.39 is 5.91 Å². The standard InChI is InChI=1S/C16H13BrCl2N2O2/c1-9-2-4-11(17)7-14(9)21-15(22)8-20-16(23)10-3-5-12(18)13(19)6-10/h2-7H,8H2,1H3,(H,20,23)(H,21,22). The van der Waals surface area contributed by atoms with E-state index in [0.29, 0.717) is 16.3 Å². The summed E-state index contributed by atoms with van der Waals surface area (Å²) in [6.45, 7) is 1.74. The van der Waals surface area contributed by atoms with Crippen LogP contribution in [0.1, 0.15) is 15.9 Å². The van der Waals surface area contributed by atoms with Crippen molar-refractivity contribution in [2.75, 3.05) is 11.9 Å². The Balaban J connectivity index is 1.94. The number of carbonyl (C=O) groups excluding carboxylic acids is 2. The van der Waals surface area contributed by atoms with Gasteiger partial charge in [-0.15, -0.1) is 0 Å². The zero-order chi connectivity index (χ0) is 17.0. The van der Waals surface area contributed by atoms with Crippen LogP contribution in [0.3, 0.4) is 0 Å². The van der Waals surface area contributed by atoms with Gasteiger partial charge < -0.3 is 10.6 Å². The Morgan fingerprint density at radius 2 is 1.83 bits per heavy atom. The number of halogens is 3. The Morgan fingerprint density at radius 3 is 2.52 bits per heavy atom. The summed E-state index contributed by atoms with van der Waals surface area (Å²) in [7, 11) is 0. The second-order valence-electron chi connectivity index (χ2n) is 4.82. The van der Waals surface area contributed by atoms with Gasteiger partial charge >= 0.3 is 0 Å². The number of nitrogens with one attached hydrogen (secondary N) is 2. The molecule has 120 valence electrons. The molecule has 0 fully saturated rings. The quantitative estimate of drug-likeness (QED) is 0.775. The van der Waals surface area contributed by atoms with Gasteiger partial charge in [-0.1, -0.05) is 45.2 Å². The summed E-state index contributed by atoms with van der Waals surface area (Å²) in [5, 5.41) is 5.94. The molecule has 0 bridgehead atoms. The molecule has 2 N–H and O–H groups in total. The molecule has 2 amide bonds. The molecule has 2 aromatic rings. The van der Waals surface area contributed by atoms with Gasteiger partial charge in [0.1, 0.15) is 0 Å². The number of carbonyl (C=O) groups is 2. The molecule has 0 spiro atoms. The van der Waals surface area contributed by atoms with Gasteiger partial charge in [0.2, 0.25) is 5.91 Å². The SMILES string of the molecule is Cc1ccc(Br)cc1NC(=O)CNC(=O)c1ccc(Cl)c(Cl)c1. The lowest BCUT2D eigenvalue weighted by atomic mass is 10.2. The average molecular weight is 416 g/mol. The van der Waals surface area contributed by atoms with Gasteiger partial charge in [0.05, 0.1) is 16.6 Å². The molecule has 2 aromatic carbocycles. The molecule has 23 heavy (non-hydrogen) atoms. The summed E-state index contributed by atoms with van der Waals surface area (Å²) in [4.78, 5) is 23.9. The molecule has 0 heterocycles. The number of hydrogen-bond acceptors (Lipinski definition) is 2. The second kappa shape index (κ2) is 7.81. The fourth-order valence-electron chi connectivity index (χ4n) is 1.82. The molecule has 0 aliphatic carbocycles. The number of amides is 2. The van der Waals surface area contributed by atoms with Crippen LogP contribution in [-0.2, 0) is 4.79 Å². The Hall–Kier alpha value is -1.56. The Morgan fingerprint density at radius 1 is 1.09 bits per heavy atom. The Labute approximate surface area is 152 Å². The smallest absolute Gasteiger partial charge is 0.251 e. The molecule has 7 heteroatoms. The van der Waals surface area contributed by atoms with E-state index in [0.717, 1.165) is 10.0 Å². The van der Waals surface area contributed by atoms with E-state index in [2.05, 4.69) is 26.6 Å². The fourth-order valence-corrected chi connectivity index (χ4v) is 2.48. The monoisotopic (exact) mass is 414 g/mol. The fraction of sp³-hybridized carbons (Fsp3) is 0.125. The van der Waals surface area contributed by atoms with Gasteiger partial charge in [-0.3, -0.25) is 9.59 Å². The Kier molecular flexibility index (Phi) is 6.04. The lowest BCUT2D eigenvalue weighted by molar-refractivity contribution is -0.115. The highest BCUT2D eigenvalue weighted by Crippen LogP contribution is 2.22. The van der Waals surface area contributed by atoms with Crippen molar-refractivity contribution in [3.05, 3.63) is 62.0 Å². The summed E-state index contributed by atoms with van der Waals surface area (Å²) >= 11 is 15.0. The van der Waals surface area contributed by atoms with Crippen molar-refractivity contribution in [3.8, 4) is 0 Å². The molecule has 0 aromatic heterocycles. The number of rotatable bonds is 4. The number of anilines is 1. The van der Waals surface area contributed by atoms with Crippen LogP contribution in [0.4, 0.5) is 5.69 Å². The van der Waals surface area contributed by atoms with Crippen LogP contribution in [-0.4, -0.2) is 18.4 Å². The summed E-state index contributed by atoms with van der Waals surface area (Å²) in [5.41, 5.74) is 1.95. The molecule has 0 saturated heterocycles. The van der Waals surface area contributed by atoms with E-state index in [9.17, 15) is 9.59 Å². The first-order valence-corrected chi connectivity index (χ1v) is 8.21. The third-order valence-corrected chi connectivity index (χ3v) is 4.30. The maximum atomic E-state index is 12.0. The molecule has 4 nitrogen and oxygen atoms in total. The number of aryl methyl sites for hydroxylation is 1. The van der Waals surface area contributed by atoms with Gasteiger partial charge in [-0.05, 0) is 42.8 Å². The molecular weight excluding hydrogens is 403 g/mol. The molecule has 0 atom stereocenters. The van der Waals surface area contributed by atoms with Gasteiger partial charge in [0.15, 0.2) is 0 Å². The van der Waals surface area contributed by atoms with Crippen molar-refractivity contribution in [3.63, 3.8) is 0 Å². The predicted octanol–water partition coefficient (Wildman–Crippen LogP) is 4.43. The molecule has 0 unspecified atom stereocenters. The van der Waals surface area contributed by atoms with Crippen LogP contribution in [0.15, 0.2) is 40.9 Å². The maximum Gasteiger partial charge on any atom is 0.251 e.